The van der Waals surface area contributed by atoms with Crippen LogP contribution in [-0.4, -0.2) is 39.0 Å². The van der Waals surface area contributed by atoms with E-state index in [2.05, 4.69) is 0 Å². The van der Waals surface area contributed by atoms with E-state index in [4.69, 9.17) is 31.5 Å². The minimum atomic E-state index is -0.447. The number of nitrogen functional groups attached to an aromatic ring is 1. The highest BCUT2D eigenvalue weighted by molar-refractivity contribution is 6.33. The number of anilines is 1. The Labute approximate surface area is 117 Å². The number of benzene rings is 1. The van der Waals surface area contributed by atoms with Crippen LogP contribution >= 0.6 is 11.6 Å². The quantitative estimate of drug-likeness (QED) is 0.450. The normalized spacial score (nSPS) is 10.4. The number of nitrogens with two attached hydrogens (primary N) is 1. The fourth-order valence-corrected chi connectivity index (χ4v) is 1.43. The third kappa shape index (κ3) is 5.92. The Kier molecular flexibility index (Phi) is 7.25. The number of hydrogen-bond acceptors (Lipinski definition) is 5. The van der Waals surface area contributed by atoms with E-state index in [1.807, 2.05) is 6.92 Å². The number of esters is 1. The van der Waals surface area contributed by atoms with Crippen molar-refractivity contribution < 1.29 is 19.0 Å². The van der Waals surface area contributed by atoms with Gasteiger partial charge in [-0.05, 0) is 25.1 Å². The smallest absolute Gasteiger partial charge is 0.338 e. The van der Waals surface area contributed by atoms with Gasteiger partial charge < -0.3 is 19.9 Å². The number of hydrogen-bond donors (Lipinski definition) is 1. The second-order valence-corrected chi connectivity index (χ2v) is 4.09. The van der Waals surface area contributed by atoms with Gasteiger partial charge in [-0.3, -0.25) is 0 Å². The highest BCUT2D eigenvalue weighted by atomic mass is 35.5. The molecule has 0 saturated heterocycles. The Morgan fingerprint density at radius 2 is 1.89 bits per heavy atom. The van der Waals surface area contributed by atoms with Gasteiger partial charge in [0.25, 0.3) is 0 Å². The summed E-state index contributed by atoms with van der Waals surface area (Å²) in [6, 6.07) is 4.61. The summed E-state index contributed by atoms with van der Waals surface area (Å²) in [6.07, 6.45) is 0. The van der Waals surface area contributed by atoms with E-state index in [9.17, 15) is 4.79 Å². The van der Waals surface area contributed by atoms with Crippen molar-refractivity contribution in [1.29, 1.82) is 0 Å². The number of rotatable bonds is 8. The Hall–Kier alpha value is -1.30. The summed E-state index contributed by atoms with van der Waals surface area (Å²) in [5.74, 6) is -0.447. The molecule has 0 unspecified atom stereocenters. The molecule has 0 heterocycles. The van der Waals surface area contributed by atoms with E-state index >= 15 is 0 Å². The van der Waals surface area contributed by atoms with Crippen LogP contribution in [0.25, 0.3) is 0 Å². The Morgan fingerprint density at radius 3 is 2.58 bits per heavy atom. The first-order valence-electron chi connectivity index (χ1n) is 6.02. The lowest BCUT2D eigenvalue weighted by molar-refractivity contribution is 0.0164. The second kappa shape index (κ2) is 8.74. The molecule has 0 aromatic heterocycles. The van der Waals surface area contributed by atoms with Crippen LogP contribution in [-0.2, 0) is 14.2 Å². The van der Waals surface area contributed by atoms with E-state index in [-0.39, 0.29) is 6.61 Å². The van der Waals surface area contributed by atoms with Crippen molar-refractivity contribution in [2.45, 2.75) is 6.92 Å². The van der Waals surface area contributed by atoms with Crippen molar-refractivity contribution in [3.05, 3.63) is 28.8 Å². The standard InChI is InChI=1S/C13H18ClNO4/c1-2-17-5-6-18-7-8-19-13(16)10-3-4-11(14)12(15)9-10/h3-4,9H,2,5-8,15H2,1H3. The molecule has 5 nitrogen and oxygen atoms in total. The molecule has 0 fully saturated rings. The van der Waals surface area contributed by atoms with E-state index in [1.54, 1.807) is 12.1 Å². The summed E-state index contributed by atoms with van der Waals surface area (Å²) in [5.41, 5.74) is 6.33. The molecule has 19 heavy (non-hydrogen) atoms. The van der Waals surface area contributed by atoms with Crippen LogP contribution in [0.15, 0.2) is 18.2 Å². The zero-order chi connectivity index (χ0) is 14.1. The molecule has 0 aliphatic rings. The van der Waals surface area contributed by atoms with Gasteiger partial charge in [0.1, 0.15) is 6.61 Å². The highest BCUT2D eigenvalue weighted by Crippen LogP contribution is 2.19. The highest BCUT2D eigenvalue weighted by Gasteiger charge is 2.08. The maximum atomic E-state index is 11.6. The summed E-state index contributed by atoms with van der Waals surface area (Å²) in [6.45, 7) is 4.13. The Balaban J connectivity index is 2.22. The summed E-state index contributed by atoms with van der Waals surface area (Å²) in [4.78, 5) is 11.6. The lowest BCUT2D eigenvalue weighted by atomic mass is 10.2. The van der Waals surface area contributed by atoms with Gasteiger partial charge in [-0.15, -0.1) is 0 Å². The van der Waals surface area contributed by atoms with Gasteiger partial charge in [-0.2, -0.15) is 0 Å². The van der Waals surface area contributed by atoms with Crippen molar-refractivity contribution >= 4 is 23.3 Å². The van der Waals surface area contributed by atoms with Crippen molar-refractivity contribution in [2.75, 3.05) is 38.8 Å². The maximum Gasteiger partial charge on any atom is 0.338 e. The molecule has 0 aliphatic carbocycles. The largest absolute Gasteiger partial charge is 0.460 e. The predicted molar refractivity (Wildman–Crippen MR) is 73.5 cm³/mol. The Bertz CT molecular complexity index is 412. The molecule has 0 saturated carbocycles. The first kappa shape index (κ1) is 15.8. The van der Waals surface area contributed by atoms with Crippen molar-refractivity contribution in [1.82, 2.24) is 0 Å². The molecular weight excluding hydrogens is 270 g/mol. The predicted octanol–water partition coefficient (Wildman–Crippen LogP) is 2.13. The first-order valence-corrected chi connectivity index (χ1v) is 6.40. The summed E-state index contributed by atoms with van der Waals surface area (Å²) in [5, 5.41) is 0.413. The van der Waals surface area contributed by atoms with Crippen LogP contribution in [0, 0.1) is 0 Å². The third-order valence-electron chi connectivity index (χ3n) is 2.27. The number of carbonyl (C=O) groups is 1. The van der Waals surface area contributed by atoms with Crippen LogP contribution in [0.4, 0.5) is 5.69 Å². The van der Waals surface area contributed by atoms with Gasteiger partial charge in [0.05, 0.1) is 36.1 Å². The molecular formula is C13H18ClNO4. The number of halogens is 1. The molecule has 0 aliphatic heterocycles. The summed E-state index contributed by atoms with van der Waals surface area (Å²) in [7, 11) is 0. The fraction of sp³-hybridized carbons (Fsp3) is 0.462. The molecule has 0 bridgehead atoms. The minimum absolute atomic E-state index is 0.188. The second-order valence-electron chi connectivity index (χ2n) is 3.68. The molecule has 2 N–H and O–H groups in total. The van der Waals surface area contributed by atoms with Crippen LogP contribution < -0.4 is 5.73 Å². The lowest BCUT2D eigenvalue weighted by Gasteiger charge is -2.07. The van der Waals surface area contributed by atoms with E-state index in [0.717, 1.165) is 0 Å². The third-order valence-corrected chi connectivity index (χ3v) is 2.61. The van der Waals surface area contributed by atoms with Gasteiger partial charge in [-0.25, -0.2) is 4.79 Å². The monoisotopic (exact) mass is 287 g/mol. The number of carbonyl (C=O) groups excluding carboxylic acids is 1. The minimum Gasteiger partial charge on any atom is -0.460 e. The molecule has 1 aromatic carbocycles. The van der Waals surface area contributed by atoms with Crippen LogP contribution in [0.2, 0.25) is 5.02 Å². The summed E-state index contributed by atoms with van der Waals surface area (Å²) < 4.78 is 15.3. The zero-order valence-electron chi connectivity index (χ0n) is 10.9. The molecule has 106 valence electrons. The van der Waals surface area contributed by atoms with Gasteiger partial charge >= 0.3 is 5.97 Å². The van der Waals surface area contributed by atoms with Crippen molar-refractivity contribution in [2.24, 2.45) is 0 Å². The van der Waals surface area contributed by atoms with Crippen molar-refractivity contribution in [3.63, 3.8) is 0 Å². The van der Waals surface area contributed by atoms with Crippen LogP contribution in [0.3, 0.4) is 0 Å². The van der Waals surface area contributed by atoms with Gasteiger partial charge in [0.15, 0.2) is 0 Å². The molecule has 0 atom stereocenters. The molecule has 1 rings (SSSR count). The van der Waals surface area contributed by atoms with Crippen molar-refractivity contribution in [3.8, 4) is 0 Å². The van der Waals surface area contributed by atoms with E-state index in [1.165, 1.54) is 6.07 Å². The van der Waals surface area contributed by atoms with Gasteiger partial charge in [0, 0.05) is 6.61 Å². The SMILES string of the molecule is CCOCCOCCOC(=O)c1ccc(Cl)c(N)c1. The number of ether oxygens (including phenoxy) is 3. The van der Waals surface area contributed by atoms with Gasteiger partial charge in [0.2, 0.25) is 0 Å². The molecule has 0 radical (unpaired) electrons. The average molecular weight is 288 g/mol. The summed E-state index contributed by atoms with van der Waals surface area (Å²) >= 11 is 5.76. The molecule has 6 heteroatoms. The fourth-order valence-electron chi connectivity index (χ4n) is 1.31. The zero-order valence-corrected chi connectivity index (χ0v) is 11.6. The lowest BCUT2D eigenvalue weighted by Crippen LogP contribution is -2.13. The maximum absolute atomic E-state index is 11.6. The first-order chi connectivity index (χ1) is 9.15. The van der Waals surface area contributed by atoms with Gasteiger partial charge in [-0.1, -0.05) is 11.6 Å². The molecule has 0 spiro atoms. The van der Waals surface area contributed by atoms with E-state index in [0.29, 0.717) is 42.7 Å². The van der Waals surface area contributed by atoms with E-state index < -0.39 is 5.97 Å². The topological polar surface area (TPSA) is 70.8 Å². The molecule has 0 amide bonds. The molecule has 1 aromatic rings. The average Bonchev–Trinajstić information content (AvgIpc) is 2.40. The van der Waals surface area contributed by atoms with Crippen LogP contribution in [0.5, 0.6) is 0 Å². The van der Waals surface area contributed by atoms with Crippen LogP contribution in [0.1, 0.15) is 17.3 Å². The Morgan fingerprint density at radius 1 is 1.21 bits per heavy atom.